The fourth-order valence-electron chi connectivity index (χ4n) is 3.62. The fraction of sp³-hybridized carbons (Fsp3) is 0.526. The Hall–Kier alpha value is -2.21. The van der Waals surface area contributed by atoms with E-state index >= 15 is 0 Å². The smallest absolute Gasteiger partial charge is 0.204 e. The summed E-state index contributed by atoms with van der Waals surface area (Å²) in [5.41, 5.74) is 1.89. The number of hydrogen-bond acceptors (Lipinski definition) is 6. The molecule has 1 atom stereocenters. The molecule has 6 nitrogen and oxygen atoms in total. The molecule has 0 bridgehead atoms. The van der Waals surface area contributed by atoms with Crippen molar-refractivity contribution in [3.05, 3.63) is 17.7 Å². The van der Waals surface area contributed by atoms with E-state index in [0.29, 0.717) is 23.2 Å². The Bertz CT molecular complexity index is 763. The molecule has 2 heterocycles. The monoisotopic (exact) mass is 346 g/mol. The summed E-state index contributed by atoms with van der Waals surface area (Å²) >= 11 is 0. The molecule has 1 aromatic heterocycles. The van der Waals surface area contributed by atoms with Gasteiger partial charge in [0.05, 0.1) is 26.8 Å². The van der Waals surface area contributed by atoms with Crippen LogP contribution in [0.3, 0.4) is 0 Å². The number of benzene rings is 1. The number of ether oxygens (including phenoxy) is 3. The first-order valence-corrected chi connectivity index (χ1v) is 8.59. The number of hydrogen-bond donors (Lipinski definition) is 1. The molecule has 1 N–H and O–H groups in total. The van der Waals surface area contributed by atoms with Gasteiger partial charge >= 0.3 is 0 Å². The Morgan fingerprint density at radius 3 is 2.56 bits per heavy atom. The van der Waals surface area contributed by atoms with Crippen molar-refractivity contribution in [1.29, 1.82) is 0 Å². The molecule has 2 aromatic rings. The molecule has 0 radical (unpaired) electrons. The summed E-state index contributed by atoms with van der Waals surface area (Å²) in [7, 11) is 4.84. The normalized spacial score (nSPS) is 17.6. The lowest BCUT2D eigenvalue weighted by Crippen LogP contribution is -2.37. The highest BCUT2D eigenvalue weighted by Gasteiger charge is 2.23. The number of methoxy groups -OCH3 is 3. The number of aromatic nitrogens is 1. The Morgan fingerprint density at radius 2 is 1.92 bits per heavy atom. The molecule has 6 heteroatoms. The molecular weight excluding hydrogens is 320 g/mol. The van der Waals surface area contributed by atoms with Gasteiger partial charge in [-0.2, -0.15) is 0 Å². The Labute approximate surface area is 148 Å². The van der Waals surface area contributed by atoms with Crippen molar-refractivity contribution in [2.45, 2.75) is 19.8 Å². The predicted molar refractivity (Wildman–Crippen MR) is 98.2 cm³/mol. The van der Waals surface area contributed by atoms with Gasteiger partial charge in [0.15, 0.2) is 11.5 Å². The highest BCUT2D eigenvalue weighted by atomic mass is 16.5. The van der Waals surface area contributed by atoms with E-state index in [-0.39, 0.29) is 6.61 Å². The van der Waals surface area contributed by atoms with Crippen LogP contribution in [0.5, 0.6) is 17.2 Å². The van der Waals surface area contributed by atoms with Crippen LogP contribution in [0.1, 0.15) is 18.4 Å². The standard InChI is InChI=1S/C19H26N2O4/c1-12-8-16(21-7-5-6-13(10-21)11-22)20-14-9-15(23-2)18(24-3)19(25-4)17(12)14/h8-9,13,22H,5-7,10-11H2,1-4H3. The van der Waals surface area contributed by atoms with Crippen LogP contribution in [0, 0.1) is 12.8 Å². The van der Waals surface area contributed by atoms with Gasteiger partial charge in [-0.15, -0.1) is 0 Å². The third-order valence-electron chi connectivity index (χ3n) is 4.89. The highest BCUT2D eigenvalue weighted by molar-refractivity contribution is 5.94. The van der Waals surface area contributed by atoms with Gasteiger partial charge in [0.2, 0.25) is 5.75 Å². The SMILES string of the molecule is COc1cc2nc(N3CCCC(CO)C3)cc(C)c2c(OC)c1OC. The maximum Gasteiger partial charge on any atom is 0.204 e. The first-order valence-electron chi connectivity index (χ1n) is 8.59. The largest absolute Gasteiger partial charge is 0.493 e. The number of rotatable bonds is 5. The third kappa shape index (κ3) is 3.18. The van der Waals surface area contributed by atoms with Crippen LogP contribution in [0.2, 0.25) is 0 Å². The van der Waals surface area contributed by atoms with Crippen molar-refractivity contribution < 1.29 is 19.3 Å². The van der Waals surface area contributed by atoms with E-state index < -0.39 is 0 Å². The van der Waals surface area contributed by atoms with Crippen molar-refractivity contribution in [2.24, 2.45) is 5.92 Å². The highest BCUT2D eigenvalue weighted by Crippen LogP contribution is 2.44. The van der Waals surface area contributed by atoms with E-state index in [9.17, 15) is 5.11 Å². The topological polar surface area (TPSA) is 64.1 Å². The minimum atomic E-state index is 0.224. The molecule has 1 aliphatic heterocycles. The van der Waals surface area contributed by atoms with Crippen molar-refractivity contribution in [3.8, 4) is 17.2 Å². The molecule has 0 saturated carbocycles. The minimum absolute atomic E-state index is 0.224. The van der Waals surface area contributed by atoms with Gasteiger partial charge in [-0.1, -0.05) is 0 Å². The van der Waals surface area contributed by atoms with E-state index in [1.165, 1.54) is 0 Å². The molecule has 1 fully saturated rings. The number of aliphatic hydroxyl groups is 1. The first-order chi connectivity index (χ1) is 12.1. The maximum absolute atomic E-state index is 9.48. The average Bonchev–Trinajstić information content (AvgIpc) is 2.66. The molecule has 0 aliphatic carbocycles. The zero-order valence-electron chi connectivity index (χ0n) is 15.3. The summed E-state index contributed by atoms with van der Waals surface area (Å²) in [5.74, 6) is 3.06. The van der Waals surface area contributed by atoms with Gasteiger partial charge in [0, 0.05) is 31.1 Å². The van der Waals surface area contributed by atoms with Crippen molar-refractivity contribution >= 4 is 16.7 Å². The lowest BCUT2D eigenvalue weighted by molar-refractivity contribution is 0.208. The number of aryl methyl sites for hydroxylation is 1. The molecule has 1 aliphatic rings. The Kier molecular flexibility index (Phi) is 5.18. The summed E-state index contributed by atoms with van der Waals surface area (Å²) in [4.78, 5) is 7.10. The average molecular weight is 346 g/mol. The maximum atomic E-state index is 9.48. The van der Waals surface area contributed by atoms with E-state index in [0.717, 1.165) is 48.2 Å². The summed E-state index contributed by atoms with van der Waals surface area (Å²) in [6.07, 6.45) is 2.14. The van der Waals surface area contributed by atoms with Crippen molar-refractivity contribution in [1.82, 2.24) is 4.98 Å². The minimum Gasteiger partial charge on any atom is -0.493 e. The van der Waals surface area contributed by atoms with Crippen LogP contribution in [0.25, 0.3) is 10.9 Å². The van der Waals surface area contributed by atoms with Gasteiger partial charge in [-0.3, -0.25) is 0 Å². The first kappa shape index (κ1) is 17.6. The summed E-state index contributed by atoms with van der Waals surface area (Å²) in [6.45, 7) is 4.06. The Morgan fingerprint density at radius 1 is 1.16 bits per heavy atom. The molecule has 1 aromatic carbocycles. The Balaban J connectivity index is 2.12. The second-order valence-corrected chi connectivity index (χ2v) is 6.47. The van der Waals surface area contributed by atoms with Gasteiger partial charge < -0.3 is 24.2 Å². The zero-order valence-corrected chi connectivity index (χ0v) is 15.3. The molecule has 25 heavy (non-hydrogen) atoms. The molecule has 136 valence electrons. The lowest BCUT2D eigenvalue weighted by atomic mass is 9.99. The molecule has 1 unspecified atom stereocenters. The molecule has 0 spiro atoms. The number of anilines is 1. The van der Waals surface area contributed by atoms with Crippen LogP contribution in [-0.2, 0) is 0 Å². The lowest BCUT2D eigenvalue weighted by Gasteiger charge is -2.33. The van der Waals surface area contributed by atoms with Gasteiger partial charge in [-0.25, -0.2) is 4.98 Å². The number of fused-ring (bicyclic) bond motifs is 1. The number of piperidine rings is 1. The number of nitrogens with zero attached hydrogens (tertiary/aromatic N) is 2. The van der Waals surface area contributed by atoms with Gasteiger partial charge in [0.1, 0.15) is 5.82 Å². The molecule has 1 saturated heterocycles. The number of pyridine rings is 1. The second kappa shape index (κ2) is 7.35. The fourth-order valence-corrected chi connectivity index (χ4v) is 3.62. The van der Waals surface area contributed by atoms with Crippen molar-refractivity contribution in [2.75, 3.05) is 45.9 Å². The molecular formula is C19H26N2O4. The van der Waals surface area contributed by atoms with Crippen molar-refractivity contribution in [3.63, 3.8) is 0 Å². The van der Waals surface area contributed by atoms with E-state index in [1.54, 1.807) is 21.3 Å². The van der Waals surface area contributed by atoms with E-state index in [4.69, 9.17) is 19.2 Å². The summed E-state index contributed by atoms with van der Waals surface area (Å²) < 4.78 is 16.5. The summed E-state index contributed by atoms with van der Waals surface area (Å²) in [6, 6.07) is 3.97. The second-order valence-electron chi connectivity index (χ2n) is 6.47. The van der Waals surface area contributed by atoms with Gasteiger partial charge in [0.25, 0.3) is 0 Å². The van der Waals surface area contributed by atoms with E-state index in [1.807, 2.05) is 6.07 Å². The van der Waals surface area contributed by atoms with Crippen LogP contribution in [-0.4, -0.2) is 51.1 Å². The number of aliphatic hydroxyl groups excluding tert-OH is 1. The van der Waals surface area contributed by atoms with E-state index in [2.05, 4.69) is 17.9 Å². The predicted octanol–water partition coefficient (Wildman–Crippen LogP) is 2.78. The molecule has 3 rings (SSSR count). The zero-order chi connectivity index (χ0) is 18.0. The van der Waals surface area contributed by atoms with Crippen LogP contribution < -0.4 is 19.1 Å². The van der Waals surface area contributed by atoms with Crippen LogP contribution in [0.15, 0.2) is 12.1 Å². The van der Waals surface area contributed by atoms with Crippen LogP contribution in [0.4, 0.5) is 5.82 Å². The molecule has 0 amide bonds. The van der Waals surface area contributed by atoms with Gasteiger partial charge in [-0.05, 0) is 37.3 Å². The third-order valence-corrected chi connectivity index (χ3v) is 4.89. The summed E-state index contributed by atoms with van der Waals surface area (Å²) in [5, 5.41) is 10.4. The van der Waals surface area contributed by atoms with Crippen LogP contribution >= 0.6 is 0 Å². The quantitative estimate of drug-likeness (QED) is 0.898.